The van der Waals surface area contributed by atoms with Crippen molar-refractivity contribution < 1.29 is 14.7 Å². The summed E-state index contributed by atoms with van der Waals surface area (Å²) in [5.41, 5.74) is 13.7. The number of nitrogens with two attached hydrogens (primary N) is 2. The van der Waals surface area contributed by atoms with E-state index in [4.69, 9.17) is 11.5 Å². The molecule has 174 valence electrons. The van der Waals surface area contributed by atoms with Gasteiger partial charge in [-0.1, -0.05) is 5.21 Å². The molecule has 1 unspecified atom stereocenters. The minimum absolute atomic E-state index is 0.0240. The van der Waals surface area contributed by atoms with Crippen LogP contribution in [0.15, 0.2) is 30.5 Å². The molecule has 1 atom stereocenters. The molecule has 0 aliphatic heterocycles. The van der Waals surface area contributed by atoms with Crippen LogP contribution in [0.2, 0.25) is 0 Å². The van der Waals surface area contributed by atoms with Crippen LogP contribution in [0.3, 0.4) is 0 Å². The lowest BCUT2D eigenvalue weighted by Crippen LogP contribution is -2.41. The van der Waals surface area contributed by atoms with Gasteiger partial charge in [0.1, 0.15) is 6.04 Å². The highest BCUT2D eigenvalue weighted by Gasteiger charge is 2.21. The number of aliphatic carboxylic acids is 1. The predicted octanol–water partition coefficient (Wildman–Crippen LogP) is -0.475. The monoisotopic (exact) mass is 464 g/mol. The Labute approximate surface area is 191 Å². The van der Waals surface area contributed by atoms with Gasteiger partial charge in [0.2, 0.25) is 5.95 Å². The van der Waals surface area contributed by atoms with E-state index >= 15 is 0 Å². The lowest BCUT2D eigenvalue weighted by molar-refractivity contribution is -0.139. The van der Waals surface area contributed by atoms with Gasteiger partial charge in [0.25, 0.3) is 5.91 Å². The molecule has 4 aromatic rings. The van der Waals surface area contributed by atoms with Crippen molar-refractivity contribution in [3.8, 4) is 0 Å². The lowest BCUT2D eigenvalue weighted by Gasteiger charge is -2.14. The summed E-state index contributed by atoms with van der Waals surface area (Å²) in [7, 11) is 0. The van der Waals surface area contributed by atoms with E-state index in [2.05, 4.69) is 51.2 Å². The number of carbonyl (C=O) groups excluding carboxylic acids is 1. The number of carboxylic acids is 1. The van der Waals surface area contributed by atoms with Crippen molar-refractivity contribution in [1.82, 2.24) is 45.9 Å². The molecule has 15 heteroatoms. The Kier molecular flexibility index (Phi) is 6.33. The van der Waals surface area contributed by atoms with Crippen LogP contribution in [-0.2, 0) is 17.8 Å². The van der Waals surface area contributed by atoms with Crippen LogP contribution in [0.4, 0.5) is 17.5 Å². The number of nitrogen functional groups attached to an aromatic ring is 2. The second-order valence-corrected chi connectivity index (χ2v) is 7.16. The van der Waals surface area contributed by atoms with Crippen molar-refractivity contribution in [1.29, 1.82) is 0 Å². The number of nitrogens with zero attached hydrogens (tertiary/aromatic N) is 7. The molecule has 4 rings (SSSR count). The van der Waals surface area contributed by atoms with E-state index in [-0.39, 0.29) is 24.6 Å². The molecule has 0 saturated carbocycles. The van der Waals surface area contributed by atoms with Gasteiger partial charge in [0.15, 0.2) is 22.8 Å². The van der Waals surface area contributed by atoms with Crippen LogP contribution in [0.1, 0.15) is 28.3 Å². The zero-order chi connectivity index (χ0) is 24.1. The molecule has 3 heterocycles. The molecular formula is C19H20N12O3. The number of anilines is 3. The third kappa shape index (κ3) is 5.26. The molecule has 1 aromatic carbocycles. The average molecular weight is 464 g/mol. The maximum Gasteiger partial charge on any atom is 0.326 e. The molecule has 0 saturated heterocycles. The van der Waals surface area contributed by atoms with Crippen molar-refractivity contribution in [3.63, 3.8) is 0 Å². The molecule has 0 fully saturated rings. The molecule has 0 spiro atoms. The Morgan fingerprint density at radius 1 is 1.12 bits per heavy atom. The summed E-state index contributed by atoms with van der Waals surface area (Å²) in [5, 5.41) is 28.3. The Balaban J connectivity index is 1.35. The van der Waals surface area contributed by atoms with E-state index in [9.17, 15) is 14.7 Å². The highest BCUT2D eigenvalue weighted by Crippen LogP contribution is 2.16. The van der Waals surface area contributed by atoms with Gasteiger partial charge in [0, 0.05) is 17.7 Å². The minimum Gasteiger partial charge on any atom is -0.480 e. The number of hydrogen-bond acceptors (Lipinski definition) is 12. The average Bonchev–Trinajstić information content (AvgIpc) is 3.34. The first-order chi connectivity index (χ1) is 16.4. The van der Waals surface area contributed by atoms with E-state index in [0.717, 1.165) is 0 Å². The fourth-order valence-electron chi connectivity index (χ4n) is 3.06. The van der Waals surface area contributed by atoms with E-state index in [0.29, 0.717) is 40.5 Å². The first-order valence-corrected chi connectivity index (χ1v) is 10.0. The summed E-state index contributed by atoms with van der Waals surface area (Å²) in [6.07, 6.45) is 1.91. The van der Waals surface area contributed by atoms with E-state index in [1.165, 1.54) is 0 Å². The second-order valence-electron chi connectivity index (χ2n) is 7.16. The zero-order valence-electron chi connectivity index (χ0n) is 17.6. The number of aromatic amines is 1. The van der Waals surface area contributed by atoms with Gasteiger partial charge in [-0.25, -0.2) is 14.8 Å². The number of aromatic nitrogens is 8. The summed E-state index contributed by atoms with van der Waals surface area (Å²) >= 11 is 0. The van der Waals surface area contributed by atoms with Crippen molar-refractivity contribution in [3.05, 3.63) is 47.5 Å². The zero-order valence-corrected chi connectivity index (χ0v) is 17.6. The number of aryl methyl sites for hydroxylation is 1. The van der Waals surface area contributed by atoms with E-state index in [1.807, 2.05) is 0 Å². The number of rotatable bonds is 9. The number of hydrogen-bond donors (Lipinski definition) is 6. The fraction of sp³-hybridized carbons (Fsp3) is 0.211. The maximum absolute atomic E-state index is 12.5. The molecule has 1 amide bonds. The Bertz CT molecular complexity index is 1310. The topological polar surface area (TPSA) is 236 Å². The Morgan fingerprint density at radius 2 is 1.91 bits per heavy atom. The highest BCUT2D eigenvalue weighted by atomic mass is 16.4. The number of amides is 1. The van der Waals surface area contributed by atoms with Gasteiger partial charge < -0.3 is 27.2 Å². The molecule has 8 N–H and O–H groups in total. The smallest absolute Gasteiger partial charge is 0.326 e. The van der Waals surface area contributed by atoms with Crippen LogP contribution in [-0.4, -0.2) is 63.6 Å². The highest BCUT2D eigenvalue weighted by molar-refractivity contribution is 5.96. The third-order valence-corrected chi connectivity index (χ3v) is 4.77. The largest absolute Gasteiger partial charge is 0.480 e. The molecule has 15 nitrogen and oxygen atoms in total. The van der Waals surface area contributed by atoms with Crippen molar-refractivity contribution in [2.75, 3.05) is 16.8 Å². The Hall–Kier alpha value is -4.95. The molecule has 0 bridgehead atoms. The molecular weight excluding hydrogens is 444 g/mol. The standard InChI is InChI=1S/C19H20N12O3/c20-15-14-16(27-19(21)26-15)23-8-11(24-14)7-22-10-3-1-9(2-4-10)17(32)25-12(18(33)34)5-6-13-28-30-31-29-13/h1-4,8,12,22H,5-7H2,(H,25,32)(H,33,34)(H,28,29,30,31)(H4,20,21,23,26,27). The number of tetrazole rings is 1. The van der Waals surface area contributed by atoms with Crippen LogP contribution >= 0.6 is 0 Å². The SMILES string of the molecule is Nc1nc(N)c2nc(CNc3ccc(C(=O)NC(CCc4nn[nH]n4)C(=O)O)cc3)cnc2n1. The fourth-order valence-corrected chi connectivity index (χ4v) is 3.06. The van der Waals surface area contributed by atoms with Crippen molar-refractivity contribution in [2.45, 2.75) is 25.4 Å². The number of benzene rings is 1. The number of carbonyl (C=O) groups is 2. The van der Waals surface area contributed by atoms with Gasteiger partial charge >= 0.3 is 5.97 Å². The predicted molar refractivity (Wildman–Crippen MR) is 119 cm³/mol. The molecule has 0 aliphatic rings. The molecule has 3 aromatic heterocycles. The van der Waals surface area contributed by atoms with Crippen LogP contribution in [0, 0.1) is 0 Å². The van der Waals surface area contributed by atoms with Gasteiger partial charge in [-0.3, -0.25) is 4.79 Å². The first-order valence-electron chi connectivity index (χ1n) is 10.0. The Morgan fingerprint density at radius 3 is 2.62 bits per heavy atom. The number of nitrogens with one attached hydrogen (secondary N) is 3. The molecule has 0 aliphatic carbocycles. The van der Waals surface area contributed by atoms with Crippen molar-refractivity contribution in [2.24, 2.45) is 0 Å². The van der Waals surface area contributed by atoms with Gasteiger partial charge in [-0.2, -0.15) is 15.2 Å². The minimum atomic E-state index is -1.15. The normalized spacial score (nSPS) is 11.8. The number of H-pyrrole nitrogens is 1. The summed E-state index contributed by atoms with van der Waals surface area (Å²) in [4.78, 5) is 40.5. The van der Waals surface area contributed by atoms with Gasteiger partial charge in [-0.15, -0.1) is 10.2 Å². The van der Waals surface area contributed by atoms with Crippen LogP contribution in [0.5, 0.6) is 0 Å². The van der Waals surface area contributed by atoms with Crippen LogP contribution in [0.25, 0.3) is 11.2 Å². The summed E-state index contributed by atoms with van der Waals surface area (Å²) in [6.45, 7) is 0.329. The summed E-state index contributed by atoms with van der Waals surface area (Å²) in [5.74, 6) is -1.13. The second kappa shape index (κ2) is 9.68. The van der Waals surface area contributed by atoms with E-state index in [1.54, 1.807) is 30.5 Å². The number of carboxylic acid groups (broad SMARTS) is 1. The van der Waals surface area contributed by atoms with Crippen molar-refractivity contribution >= 4 is 40.5 Å². The van der Waals surface area contributed by atoms with E-state index < -0.39 is 17.9 Å². The molecule has 34 heavy (non-hydrogen) atoms. The maximum atomic E-state index is 12.5. The van der Waals surface area contributed by atoms with Gasteiger partial charge in [-0.05, 0) is 30.7 Å². The summed E-state index contributed by atoms with van der Waals surface area (Å²) < 4.78 is 0. The quantitative estimate of drug-likeness (QED) is 0.184. The van der Waals surface area contributed by atoms with Gasteiger partial charge in [0.05, 0.1) is 18.4 Å². The molecule has 0 radical (unpaired) electrons. The summed E-state index contributed by atoms with van der Waals surface area (Å²) in [6, 6.07) is 5.45. The first kappa shape index (κ1) is 22.3. The number of fused-ring (bicyclic) bond motifs is 1. The third-order valence-electron chi connectivity index (χ3n) is 4.77. The van der Waals surface area contributed by atoms with Crippen LogP contribution < -0.4 is 22.1 Å². The lowest BCUT2D eigenvalue weighted by atomic mass is 10.1.